The Morgan fingerprint density at radius 1 is 1.19 bits per heavy atom. The number of carbonyl (C=O) groups excluding carboxylic acids is 3. The van der Waals surface area contributed by atoms with Gasteiger partial charge < -0.3 is 15.1 Å². The van der Waals surface area contributed by atoms with E-state index in [2.05, 4.69) is 15.7 Å². The molecule has 1 aromatic heterocycles. The van der Waals surface area contributed by atoms with Crippen LogP contribution in [-0.2, 0) is 20.9 Å². The van der Waals surface area contributed by atoms with Crippen molar-refractivity contribution in [2.75, 3.05) is 11.6 Å². The third-order valence-electron chi connectivity index (χ3n) is 3.99. The number of aryl methyl sites for hydroxylation is 1. The van der Waals surface area contributed by atoms with Crippen LogP contribution in [0.5, 0.6) is 0 Å². The third-order valence-corrected chi connectivity index (χ3v) is 3.99. The van der Waals surface area contributed by atoms with Gasteiger partial charge in [0.25, 0.3) is 5.91 Å². The summed E-state index contributed by atoms with van der Waals surface area (Å²) in [7, 11) is 0. The Bertz CT molecular complexity index is 874. The third kappa shape index (κ3) is 4.81. The van der Waals surface area contributed by atoms with Crippen molar-refractivity contribution >= 4 is 29.1 Å². The predicted molar refractivity (Wildman–Crippen MR) is 98.9 cm³/mol. The van der Waals surface area contributed by atoms with Crippen LogP contribution in [-0.4, -0.2) is 30.0 Å². The number of anilines is 1. The minimum absolute atomic E-state index is 0.173. The Balaban J connectivity index is 1.57. The molecule has 8 heteroatoms. The van der Waals surface area contributed by atoms with Crippen LogP contribution >= 0.6 is 0 Å². The molecular formula is C19H20N4O4. The van der Waals surface area contributed by atoms with Gasteiger partial charge in [0.2, 0.25) is 11.8 Å². The fourth-order valence-electron chi connectivity index (χ4n) is 2.60. The summed E-state index contributed by atoms with van der Waals surface area (Å²) in [4.78, 5) is 36.3. The number of hydrazone groups is 1. The van der Waals surface area contributed by atoms with E-state index in [-0.39, 0.29) is 43.5 Å². The van der Waals surface area contributed by atoms with E-state index in [9.17, 15) is 14.4 Å². The van der Waals surface area contributed by atoms with Gasteiger partial charge >= 0.3 is 0 Å². The fourth-order valence-corrected chi connectivity index (χ4v) is 2.60. The molecule has 3 amide bonds. The molecule has 27 heavy (non-hydrogen) atoms. The maximum absolute atomic E-state index is 12.3. The van der Waals surface area contributed by atoms with Gasteiger partial charge in [-0.1, -0.05) is 12.1 Å². The molecule has 0 saturated carbocycles. The Labute approximate surface area is 156 Å². The number of nitrogens with one attached hydrogen (secondary N) is 2. The Morgan fingerprint density at radius 3 is 2.78 bits per heavy atom. The molecule has 1 aliphatic rings. The lowest BCUT2D eigenvalue weighted by molar-refractivity contribution is -0.123. The van der Waals surface area contributed by atoms with Crippen molar-refractivity contribution in [2.45, 2.75) is 26.3 Å². The second-order valence-corrected chi connectivity index (χ2v) is 6.13. The molecule has 0 fully saturated rings. The average Bonchev–Trinajstić information content (AvgIpc) is 3.18. The Morgan fingerprint density at radius 2 is 2.04 bits per heavy atom. The molecule has 2 N–H and O–H groups in total. The van der Waals surface area contributed by atoms with Gasteiger partial charge in [0, 0.05) is 12.8 Å². The van der Waals surface area contributed by atoms with Gasteiger partial charge in [-0.15, -0.1) is 0 Å². The van der Waals surface area contributed by atoms with Crippen LogP contribution in [0.3, 0.4) is 0 Å². The normalized spacial score (nSPS) is 13.9. The molecule has 0 bridgehead atoms. The molecule has 0 atom stereocenters. The zero-order valence-corrected chi connectivity index (χ0v) is 14.9. The summed E-state index contributed by atoms with van der Waals surface area (Å²) >= 11 is 0. The topological polar surface area (TPSA) is 104 Å². The lowest BCUT2D eigenvalue weighted by atomic mass is 10.1. The molecule has 0 unspecified atom stereocenters. The largest absolute Gasteiger partial charge is 0.467 e. The van der Waals surface area contributed by atoms with Gasteiger partial charge in [0.15, 0.2) is 0 Å². The van der Waals surface area contributed by atoms with Crippen LogP contribution in [0.2, 0.25) is 0 Å². The summed E-state index contributed by atoms with van der Waals surface area (Å²) in [6, 6.07) is 10.8. The van der Waals surface area contributed by atoms with Crippen molar-refractivity contribution in [1.82, 2.24) is 10.6 Å². The molecule has 8 nitrogen and oxygen atoms in total. The first-order valence-electron chi connectivity index (χ1n) is 8.57. The lowest BCUT2D eigenvalue weighted by Gasteiger charge is -2.23. The molecule has 3 rings (SSSR count). The number of rotatable bonds is 6. The highest BCUT2D eigenvalue weighted by atomic mass is 16.3. The van der Waals surface area contributed by atoms with Crippen molar-refractivity contribution in [2.24, 2.45) is 5.10 Å². The average molecular weight is 368 g/mol. The maximum Gasteiger partial charge on any atom is 0.267 e. The number of furan rings is 1. The Hall–Kier alpha value is -3.42. The fraction of sp³-hybridized carbons (Fsp3) is 0.263. The molecule has 140 valence electrons. The van der Waals surface area contributed by atoms with E-state index in [1.54, 1.807) is 18.2 Å². The van der Waals surface area contributed by atoms with Crippen molar-refractivity contribution in [1.29, 1.82) is 0 Å². The predicted octanol–water partition coefficient (Wildman–Crippen LogP) is 1.50. The summed E-state index contributed by atoms with van der Waals surface area (Å²) in [6.45, 7) is 1.98. The SMILES string of the molecule is Cc1cccc(N2N=C(C(=O)NCC(=O)NCc3ccco3)CCC2=O)c1. The van der Waals surface area contributed by atoms with Crippen LogP contribution in [0.1, 0.15) is 24.2 Å². The lowest BCUT2D eigenvalue weighted by Crippen LogP contribution is -2.42. The van der Waals surface area contributed by atoms with Gasteiger partial charge in [0.1, 0.15) is 11.5 Å². The molecule has 2 aromatic rings. The van der Waals surface area contributed by atoms with E-state index in [4.69, 9.17) is 4.42 Å². The first kappa shape index (κ1) is 18.4. The van der Waals surface area contributed by atoms with Crippen molar-refractivity contribution in [3.8, 4) is 0 Å². The van der Waals surface area contributed by atoms with Crippen molar-refractivity contribution in [3.63, 3.8) is 0 Å². The minimum atomic E-state index is -0.465. The number of carbonyl (C=O) groups is 3. The zero-order valence-electron chi connectivity index (χ0n) is 14.9. The van der Waals surface area contributed by atoms with E-state index < -0.39 is 5.91 Å². The Kier molecular flexibility index (Phi) is 5.65. The smallest absolute Gasteiger partial charge is 0.267 e. The summed E-state index contributed by atoms with van der Waals surface area (Å²) in [5, 5.41) is 10.6. The van der Waals surface area contributed by atoms with Crippen LogP contribution in [0.15, 0.2) is 52.2 Å². The first-order valence-corrected chi connectivity index (χ1v) is 8.57. The number of hydrogen-bond acceptors (Lipinski definition) is 5. The standard InChI is InChI=1S/C19H20N4O4/c1-13-4-2-5-14(10-13)23-18(25)8-7-16(22-23)19(26)21-12-17(24)20-11-15-6-3-9-27-15/h2-6,9-10H,7-8,11-12H2,1H3,(H,20,24)(H,21,26). The van der Waals surface area contributed by atoms with Crippen LogP contribution in [0.25, 0.3) is 0 Å². The molecular weight excluding hydrogens is 348 g/mol. The van der Waals surface area contributed by atoms with E-state index in [0.717, 1.165) is 5.56 Å². The number of benzene rings is 1. The molecule has 0 spiro atoms. The van der Waals surface area contributed by atoms with Crippen LogP contribution < -0.4 is 15.6 Å². The van der Waals surface area contributed by atoms with Gasteiger partial charge in [0.05, 0.1) is 25.0 Å². The molecule has 1 aromatic carbocycles. The quantitative estimate of drug-likeness (QED) is 0.806. The van der Waals surface area contributed by atoms with Crippen molar-refractivity contribution < 1.29 is 18.8 Å². The van der Waals surface area contributed by atoms with E-state index in [0.29, 0.717) is 11.4 Å². The summed E-state index contributed by atoms with van der Waals surface area (Å²) < 4.78 is 5.12. The highest BCUT2D eigenvalue weighted by molar-refractivity contribution is 6.40. The van der Waals surface area contributed by atoms with Gasteiger partial charge in [-0.05, 0) is 36.8 Å². The zero-order chi connectivity index (χ0) is 19.2. The summed E-state index contributed by atoms with van der Waals surface area (Å²) in [5.74, 6) is -0.358. The summed E-state index contributed by atoms with van der Waals surface area (Å²) in [6.07, 6.45) is 1.94. The van der Waals surface area contributed by atoms with Gasteiger partial charge in [-0.2, -0.15) is 5.10 Å². The molecule has 0 radical (unpaired) electrons. The monoisotopic (exact) mass is 368 g/mol. The van der Waals surface area contributed by atoms with E-state index >= 15 is 0 Å². The molecule has 1 aliphatic heterocycles. The number of hydrogen-bond donors (Lipinski definition) is 2. The second-order valence-electron chi connectivity index (χ2n) is 6.13. The second kappa shape index (κ2) is 8.31. The number of amides is 3. The minimum Gasteiger partial charge on any atom is -0.467 e. The highest BCUT2D eigenvalue weighted by Crippen LogP contribution is 2.21. The first-order chi connectivity index (χ1) is 13.0. The van der Waals surface area contributed by atoms with Crippen LogP contribution in [0, 0.1) is 6.92 Å². The van der Waals surface area contributed by atoms with Crippen LogP contribution in [0.4, 0.5) is 5.69 Å². The van der Waals surface area contributed by atoms with E-state index in [1.807, 2.05) is 25.1 Å². The highest BCUT2D eigenvalue weighted by Gasteiger charge is 2.25. The maximum atomic E-state index is 12.3. The number of nitrogens with zero attached hydrogens (tertiary/aromatic N) is 2. The van der Waals surface area contributed by atoms with Gasteiger partial charge in [-0.3, -0.25) is 14.4 Å². The van der Waals surface area contributed by atoms with Gasteiger partial charge in [-0.25, -0.2) is 5.01 Å². The molecule has 0 saturated heterocycles. The molecule has 2 heterocycles. The van der Waals surface area contributed by atoms with E-state index in [1.165, 1.54) is 11.3 Å². The van der Waals surface area contributed by atoms with Crippen molar-refractivity contribution in [3.05, 3.63) is 54.0 Å². The molecule has 0 aliphatic carbocycles. The summed E-state index contributed by atoms with van der Waals surface area (Å²) in [5.41, 5.74) is 1.82.